The van der Waals surface area contributed by atoms with Gasteiger partial charge in [-0.05, 0) is 30.5 Å². The third-order valence-electron chi connectivity index (χ3n) is 3.21. The summed E-state index contributed by atoms with van der Waals surface area (Å²) in [5.41, 5.74) is 0.802. The lowest BCUT2D eigenvalue weighted by atomic mass is 10.2. The Morgan fingerprint density at radius 1 is 1.33 bits per heavy atom. The summed E-state index contributed by atoms with van der Waals surface area (Å²) in [5.74, 6) is 0.487. The molecular formula is C14H19NO5S. The Kier molecular flexibility index (Phi) is 4.41. The second-order valence-electron chi connectivity index (χ2n) is 5.15. The molecule has 0 aliphatic heterocycles. The third kappa shape index (κ3) is 4.35. The fraction of sp³-hybridized carbons (Fsp3) is 0.500. The van der Waals surface area contributed by atoms with Gasteiger partial charge in [-0.3, -0.25) is 4.79 Å². The summed E-state index contributed by atoms with van der Waals surface area (Å²) in [6.45, 7) is 1.97. The zero-order valence-corrected chi connectivity index (χ0v) is 13.1. The molecule has 7 heteroatoms. The first kappa shape index (κ1) is 15.6. The van der Waals surface area contributed by atoms with Gasteiger partial charge >= 0.3 is 10.1 Å². The number of nitrogens with zero attached hydrogens (tertiary/aromatic N) is 1. The van der Waals surface area contributed by atoms with Gasteiger partial charge in [-0.15, -0.1) is 0 Å². The van der Waals surface area contributed by atoms with Crippen molar-refractivity contribution in [2.75, 3.05) is 13.4 Å². The van der Waals surface area contributed by atoms with Crippen LogP contribution < -0.4 is 8.92 Å². The lowest BCUT2D eigenvalue weighted by Gasteiger charge is -2.21. The predicted octanol–water partition coefficient (Wildman–Crippen LogP) is 1.54. The van der Waals surface area contributed by atoms with Gasteiger partial charge in [0.25, 0.3) is 0 Å². The first-order chi connectivity index (χ1) is 9.80. The molecule has 0 unspecified atom stereocenters. The highest BCUT2D eigenvalue weighted by molar-refractivity contribution is 7.86. The van der Waals surface area contributed by atoms with Crippen molar-refractivity contribution in [3.8, 4) is 11.5 Å². The van der Waals surface area contributed by atoms with Crippen molar-refractivity contribution in [3.05, 3.63) is 23.8 Å². The van der Waals surface area contributed by atoms with Crippen molar-refractivity contribution >= 4 is 16.0 Å². The van der Waals surface area contributed by atoms with Crippen LogP contribution in [-0.4, -0.2) is 38.6 Å². The van der Waals surface area contributed by atoms with Gasteiger partial charge in [-0.2, -0.15) is 8.42 Å². The molecule has 1 saturated carbocycles. The number of carbonyl (C=O) groups is 1. The molecule has 1 aliphatic rings. The Bertz CT molecular complexity index is 637. The molecule has 1 aromatic carbocycles. The van der Waals surface area contributed by atoms with E-state index in [0.29, 0.717) is 18.3 Å². The smallest absolute Gasteiger partial charge is 0.306 e. The molecule has 0 aromatic heterocycles. The van der Waals surface area contributed by atoms with Gasteiger partial charge in [0.15, 0.2) is 11.5 Å². The molecule has 0 saturated heterocycles. The average molecular weight is 313 g/mol. The number of rotatable bonds is 6. The van der Waals surface area contributed by atoms with Crippen LogP contribution in [-0.2, 0) is 21.5 Å². The first-order valence-electron chi connectivity index (χ1n) is 6.63. The number of methoxy groups -OCH3 is 1. The minimum atomic E-state index is -3.64. The number of hydrogen-bond acceptors (Lipinski definition) is 5. The van der Waals surface area contributed by atoms with Crippen LogP contribution in [0.5, 0.6) is 11.5 Å². The molecule has 6 nitrogen and oxygen atoms in total. The van der Waals surface area contributed by atoms with Crippen LogP contribution in [0.1, 0.15) is 25.3 Å². The average Bonchev–Trinajstić information content (AvgIpc) is 3.18. The highest BCUT2D eigenvalue weighted by atomic mass is 32.2. The van der Waals surface area contributed by atoms with E-state index in [1.807, 2.05) is 0 Å². The third-order valence-corrected chi connectivity index (χ3v) is 3.70. The van der Waals surface area contributed by atoms with Gasteiger partial charge < -0.3 is 13.8 Å². The maximum absolute atomic E-state index is 11.6. The molecule has 2 rings (SSSR count). The van der Waals surface area contributed by atoms with Crippen molar-refractivity contribution in [2.45, 2.75) is 32.4 Å². The minimum absolute atomic E-state index is 0.0129. The Labute approximate surface area is 124 Å². The Morgan fingerprint density at radius 2 is 2.00 bits per heavy atom. The molecular weight excluding hydrogens is 294 g/mol. The van der Waals surface area contributed by atoms with E-state index in [1.54, 1.807) is 23.1 Å². The highest BCUT2D eigenvalue weighted by Crippen LogP contribution is 2.32. The van der Waals surface area contributed by atoms with Crippen molar-refractivity contribution in [1.82, 2.24) is 4.90 Å². The Balaban J connectivity index is 2.24. The molecule has 1 aromatic rings. The number of ether oxygens (including phenoxy) is 1. The molecule has 0 bridgehead atoms. The van der Waals surface area contributed by atoms with Gasteiger partial charge in [0.05, 0.1) is 13.4 Å². The number of hydrogen-bond donors (Lipinski definition) is 0. The van der Waals surface area contributed by atoms with E-state index in [0.717, 1.165) is 24.7 Å². The second kappa shape index (κ2) is 5.93. The fourth-order valence-electron chi connectivity index (χ4n) is 2.13. The molecule has 1 fully saturated rings. The highest BCUT2D eigenvalue weighted by Gasteiger charge is 2.30. The van der Waals surface area contributed by atoms with Crippen molar-refractivity contribution in [3.63, 3.8) is 0 Å². The second-order valence-corrected chi connectivity index (χ2v) is 6.73. The van der Waals surface area contributed by atoms with Crippen LogP contribution >= 0.6 is 0 Å². The van der Waals surface area contributed by atoms with Crippen LogP contribution in [0.15, 0.2) is 18.2 Å². The summed E-state index contributed by atoms with van der Waals surface area (Å²) in [6, 6.07) is 5.33. The van der Waals surface area contributed by atoms with E-state index in [4.69, 9.17) is 8.92 Å². The van der Waals surface area contributed by atoms with E-state index in [2.05, 4.69) is 0 Å². The standard InChI is InChI=1S/C14H19NO5S/c1-10(16)15(12-5-6-12)9-11-4-7-13(19-2)14(8-11)20-21(3,17)18/h4,7-8,12H,5-6,9H2,1-3H3. The van der Waals surface area contributed by atoms with E-state index < -0.39 is 10.1 Å². The van der Waals surface area contributed by atoms with Crippen LogP contribution in [0.3, 0.4) is 0 Å². The van der Waals surface area contributed by atoms with Gasteiger partial charge in [-0.1, -0.05) is 6.07 Å². The normalized spacial score (nSPS) is 14.6. The van der Waals surface area contributed by atoms with Gasteiger partial charge in [-0.25, -0.2) is 0 Å². The lowest BCUT2D eigenvalue weighted by molar-refractivity contribution is -0.130. The van der Waals surface area contributed by atoms with E-state index in [9.17, 15) is 13.2 Å². The minimum Gasteiger partial charge on any atom is -0.493 e. The molecule has 0 atom stereocenters. The topological polar surface area (TPSA) is 72.9 Å². The number of carbonyl (C=O) groups excluding carboxylic acids is 1. The molecule has 116 valence electrons. The van der Waals surface area contributed by atoms with E-state index in [-0.39, 0.29) is 11.7 Å². The fourth-order valence-corrected chi connectivity index (χ4v) is 2.58. The quantitative estimate of drug-likeness (QED) is 0.745. The first-order valence-corrected chi connectivity index (χ1v) is 8.45. The predicted molar refractivity (Wildman–Crippen MR) is 77.7 cm³/mol. The summed E-state index contributed by atoms with van der Waals surface area (Å²) >= 11 is 0. The summed E-state index contributed by atoms with van der Waals surface area (Å²) in [4.78, 5) is 13.4. The summed E-state index contributed by atoms with van der Waals surface area (Å²) in [7, 11) is -2.20. The molecule has 1 aliphatic carbocycles. The van der Waals surface area contributed by atoms with Crippen molar-refractivity contribution in [1.29, 1.82) is 0 Å². The van der Waals surface area contributed by atoms with Crippen LogP contribution in [0.2, 0.25) is 0 Å². The van der Waals surface area contributed by atoms with Crippen LogP contribution in [0, 0.1) is 0 Å². The largest absolute Gasteiger partial charge is 0.493 e. The maximum atomic E-state index is 11.6. The van der Waals surface area contributed by atoms with Crippen LogP contribution in [0.4, 0.5) is 0 Å². The van der Waals surface area contributed by atoms with Gasteiger partial charge in [0.2, 0.25) is 5.91 Å². The van der Waals surface area contributed by atoms with Gasteiger partial charge in [0, 0.05) is 19.5 Å². The monoisotopic (exact) mass is 313 g/mol. The zero-order valence-electron chi connectivity index (χ0n) is 12.3. The maximum Gasteiger partial charge on any atom is 0.306 e. The summed E-state index contributed by atoms with van der Waals surface area (Å²) in [6.07, 6.45) is 3.01. The number of benzene rings is 1. The molecule has 0 radical (unpaired) electrons. The summed E-state index contributed by atoms with van der Waals surface area (Å²) < 4.78 is 32.6. The SMILES string of the molecule is COc1ccc(CN(C(C)=O)C2CC2)cc1OS(C)(=O)=O. The Morgan fingerprint density at radius 3 is 2.48 bits per heavy atom. The van der Waals surface area contributed by atoms with Gasteiger partial charge in [0.1, 0.15) is 0 Å². The van der Waals surface area contributed by atoms with E-state index in [1.165, 1.54) is 14.0 Å². The Hall–Kier alpha value is -1.76. The number of amides is 1. The molecule has 0 heterocycles. The summed E-state index contributed by atoms with van der Waals surface area (Å²) in [5, 5.41) is 0. The zero-order chi connectivity index (χ0) is 15.6. The molecule has 0 N–H and O–H groups in total. The van der Waals surface area contributed by atoms with Crippen LogP contribution in [0.25, 0.3) is 0 Å². The molecule has 21 heavy (non-hydrogen) atoms. The lowest BCUT2D eigenvalue weighted by Crippen LogP contribution is -2.30. The molecule has 1 amide bonds. The molecule has 0 spiro atoms. The van der Waals surface area contributed by atoms with Crippen molar-refractivity contribution in [2.24, 2.45) is 0 Å². The van der Waals surface area contributed by atoms with Crippen molar-refractivity contribution < 1.29 is 22.1 Å². The van der Waals surface area contributed by atoms with E-state index >= 15 is 0 Å².